The maximum atomic E-state index is 5.65. The van der Waals surface area contributed by atoms with Gasteiger partial charge in [-0.2, -0.15) is 0 Å². The predicted molar refractivity (Wildman–Crippen MR) is 58.4 cm³/mol. The van der Waals surface area contributed by atoms with E-state index in [1.807, 2.05) is 19.0 Å². The highest BCUT2D eigenvalue weighted by Crippen LogP contribution is 2.29. The van der Waals surface area contributed by atoms with Crippen molar-refractivity contribution >= 4 is 16.5 Å². The third kappa shape index (κ3) is 2.19. The highest BCUT2D eigenvalue weighted by atomic mass is 32.1. The molecule has 1 rings (SSSR count). The highest BCUT2D eigenvalue weighted by molar-refractivity contribution is 7.15. The average Bonchev–Trinajstić information content (AvgIpc) is 2.47. The summed E-state index contributed by atoms with van der Waals surface area (Å²) in [4.78, 5) is 7.78. The molecule has 0 aliphatic carbocycles. The van der Waals surface area contributed by atoms with Crippen LogP contribution in [-0.2, 0) is 6.54 Å². The summed E-state index contributed by atoms with van der Waals surface area (Å²) in [7, 11) is 4.01. The zero-order valence-electron chi connectivity index (χ0n) is 8.66. The molecule has 0 spiro atoms. The molecular formula is C9H17N3S. The number of anilines is 1. The Morgan fingerprint density at radius 2 is 2.08 bits per heavy atom. The topological polar surface area (TPSA) is 42.2 Å². The highest BCUT2D eigenvalue weighted by Gasteiger charge is 2.13. The fourth-order valence-electron chi connectivity index (χ4n) is 1.14. The van der Waals surface area contributed by atoms with Gasteiger partial charge in [-0.1, -0.05) is 13.8 Å². The molecule has 0 atom stereocenters. The SMILES string of the molecule is CC(C)c1nc(N(C)C)sc1CN. The Morgan fingerprint density at radius 3 is 2.38 bits per heavy atom. The van der Waals surface area contributed by atoms with E-state index in [2.05, 4.69) is 18.8 Å². The summed E-state index contributed by atoms with van der Waals surface area (Å²) >= 11 is 1.69. The van der Waals surface area contributed by atoms with Gasteiger partial charge in [0.1, 0.15) is 0 Å². The van der Waals surface area contributed by atoms with Gasteiger partial charge < -0.3 is 10.6 Å². The van der Waals surface area contributed by atoms with Gasteiger partial charge in [0.25, 0.3) is 0 Å². The van der Waals surface area contributed by atoms with E-state index < -0.39 is 0 Å². The summed E-state index contributed by atoms with van der Waals surface area (Å²) in [5, 5.41) is 1.05. The monoisotopic (exact) mass is 199 g/mol. The number of thiazole rings is 1. The second-order valence-corrected chi connectivity index (χ2v) is 4.62. The molecule has 0 aliphatic rings. The summed E-state index contributed by atoms with van der Waals surface area (Å²) < 4.78 is 0. The van der Waals surface area contributed by atoms with E-state index in [1.165, 1.54) is 4.88 Å². The first-order valence-electron chi connectivity index (χ1n) is 4.43. The lowest BCUT2D eigenvalue weighted by atomic mass is 10.1. The minimum absolute atomic E-state index is 0.462. The molecule has 0 bridgehead atoms. The quantitative estimate of drug-likeness (QED) is 0.807. The van der Waals surface area contributed by atoms with Gasteiger partial charge in [-0.15, -0.1) is 11.3 Å². The van der Waals surface area contributed by atoms with Crippen molar-refractivity contribution in [1.29, 1.82) is 0 Å². The average molecular weight is 199 g/mol. The Kier molecular flexibility index (Phi) is 3.27. The molecule has 0 amide bonds. The molecule has 0 saturated heterocycles. The molecule has 0 saturated carbocycles. The lowest BCUT2D eigenvalue weighted by Crippen LogP contribution is -2.08. The summed E-state index contributed by atoms with van der Waals surface area (Å²) in [6.07, 6.45) is 0. The molecule has 1 heterocycles. The molecule has 0 fully saturated rings. The van der Waals surface area contributed by atoms with Gasteiger partial charge >= 0.3 is 0 Å². The normalized spacial score (nSPS) is 10.9. The third-order valence-corrected chi connectivity index (χ3v) is 3.09. The van der Waals surface area contributed by atoms with Crippen LogP contribution in [0, 0.1) is 0 Å². The molecule has 1 aromatic heterocycles. The van der Waals surface area contributed by atoms with Gasteiger partial charge in [-0.3, -0.25) is 0 Å². The zero-order valence-corrected chi connectivity index (χ0v) is 9.48. The Balaban J connectivity index is 3.04. The molecular weight excluding hydrogens is 182 g/mol. The largest absolute Gasteiger partial charge is 0.354 e. The molecule has 2 N–H and O–H groups in total. The summed E-state index contributed by atoms with van der Waals surface area (Å²) in [5.74, 6) is 0.462. The minimum atomic E-state index is 0.462. The number of hydrogen-bond donors (Lipinski definition) is 1. The van der Waals surface area contributed by atoms with Crippen LogP contribution >= 0.6 is 11.3 Å². The second-order valence-electron chi connectivity index (χ2n) is 3.56. The minimum Gasteiger partial charge on any atom is -0.354 e. The van der Waals surface area contributed by atoms with Crippen LogP contribution in [0.5, 0.6) is 0 Å². The Labute approximate surface area is 83.6 Å². The van der Waals surface area contributed by atoms with Crippen molar-refractivity contribution < 1.29 is 0 Å². The van der Waals surface area contributed by atoms with Crippen molar-refractivity contribution in [2.75, 3.05) is 19.0 Å². The molecule has 0 aromatic carbocycles. The van der Waals surface area contributed by atoms with Gasteiger partial charge in [0.15, 0.2) is 5.13 Å². The van der Waals surface area contributed by atoms with E-state index in [4.69, 9.17) is 5.73 Å². The molecule has 0 unspecified atom stereocenters. The van der Waals surface area contributed by atoms with Crippen molar-refractivity contribution in [1.82, 2.24) is 4.98 Å². The van der Waals surface area contributed by atoms with Crippen molar-refractivity contribution in [3.05, 3.63) is 10.6 Å². The smallest absolute Gasteiger partial charge is 0.185 e. The summed E-state index contributed by atoms with van der Waals surface area (Å²) in [6, 6.07) is 0. The van der Waals surface area contributed by atoms with Gasteiger partial charge in [0.05, 0.1) is 5.69 Å². The summed E-state index contributed by atoms with van der Waals surface area (Å²) in [6.45, 7) is 4.89. The molecule has 3 nitrogen and oxygen atoms in total. The van der Waals surface area contributed by atoms with E-state index in [-0.39, 0.29) is 0 Å². The van der Waals surface area contributed by atoms with Crippen LogP contribution in [0.1, 0.15) is 30.3 Å². The lowest BCUT2D eigenvalue weighted by Gasteiger charge is -2.05. The van der Waals surface area contributed by atoms with E-state index in [0.717, 1.165) is 10.8 Å². The van der Waals surface area contributed by atoms with E-state index >= 15 is 0 Å². The molecule has 4 heteroatoms. The van der Waals surface area contributed by atoms with Crippen LogP contribution in [0.2, 0.25) is 0 Å². The second kappa shape index (κ2) is 4.07. The van der Waals surface area contributed by atoms with E-state index in [0.29, 0.717) is 12.5 Å². The molecule has 1 aromatic rings. The molecule has 74 valence electrons. The number of rotatable bonds is 3. The van der Waals surface area contributed by atoms with Crippen LogP contribution in [0.3, 0.4) is 0 Å². The first-order valence-corrected chi connectivity index (χ1v) is 5.25. The zero-order chi connectivity index (χ0) is 10.0. The van der Waals surface area contributed by atoms with Crippen LogP contribution in [-0.4, -0.2) is 19.1 Å². The molecule has 0 aliphatic heterocycles. The van der Waals surface area contributed by atoms with Gasteiger partial charge in [0, 0.05) is 25.5 Å². The van der Waals surface area contributed by atoms with Gasteiger partial charge in [0.2, 0.25) is 0 Å². The fraction of sp³-hybridized carbons (Fsp3) is 0.667. The Bertz CT molecular complexity index is 278. The van der Waals surface area contributed by atoms with Gasteiger partial charge in [-0.05, 0) is 5.92 Å². The number of hydrogen-bond acceptors (Lipinski definition) is 4. The standard InChI is InChI=1S/C9H17N3S/c1-6(2)8-7(5-10)13-9(11-8)12(3)4/h6H,5,10H2,1-4H3. The lowest BCUT2D eigenvalue weighted by molar-refractivity contribution is 0.810. The predicted octanol–water partition coefficient (Wildman–Crippen LogP) is 1.79. The first-order chi connectivity index (χ1) is 6.06. The fourth-order valence-corrected chi connectivity index (χ4v) is 2.16. The van der Waals surface area contributed by atoms with E-state index in [9.17, 15) is 0 Å². The van der Waals surface area contributed by atoms with Crippen LogP contribution in [0.25, 0.3) is 0 Å². The molecule has 0 radical (unpaired) electrons. The number of aromatic nitrogens is 1. The van der Waals surface area contributed by atoms with Crippen molar-refractivity contribution in [2.45, 2.75) is 26.3 Å². The summed E-state index contributed by atoms with van der Waals surface area (Å²) in [5.41, 5.74) is 6.80. The van der Waals surface area contributed by atoms with Gasteiger partial charge in [-0.25, -0.2) is 4.98 Å². The Hall–Kier alpha value is -0.610. The van der Waals surface area contributed by atoms with Crippen LogP contribution in [0.4, 0.5) is 5.13 Å². The van der Waals surface area contributed by atoms with E-state index in [1.54, 1.807) is 11.3 Å². The molecule has 13 heavy (non-hydrogen) atoms. The van der Waals surface area contributed by atoms with Crippen LogP contribution in [0.15, 0.2) is 0 Å². The maximum absolute atomic E-state index is 5.65. The third-order valence-electron chi connectivity index (χ3n) is 1.83. The maximum Gasteiger partial charge on any atom is 0.185 e. The first kappa shape index (κ1) is 10.5. The van der Waals surface area contributed by atoms with Crippen molar-refractivity contribution in [2.24, 2.45) is 5.73 Å². The number of nitrogens with zero attached hydrogens (tertiary/aromatic N) is 2. The van der Waals surface area contributed by atoms with Crippen molar-refractivity contribution in [3.63, 3.8) is 0 Å². The number of nitrogens with two attached hydrogens (primary N) is 1. The van der Waals surface area contributed by atoms with Crippen LogP contribution < -0.4 is 10.6 Å². The Morgan fingerprint density at radius 1 is 1.46 bits per heavy atom. The van der Waals surface area contributed by atoms with Crippen molar-refractivity contribution in [3.8, 4) is 0 Å².